The van der Waals surface area contributed by atoms with Gasteiger partial charge in [0.05, 0.1) is 85.4 Å². The van der Waals surface area contributed by atoms with Gasteiger partial charge in [0.15, 0.2) is 46.0 Å². The van der Waals surface area contributed by atoms with Gasteiger partial charge in [0.1, 0.15) is 48.4 Å². The number of esters is 4. The average Bonchev–Trinajstić information content (AvgIpc) is 0.639. The van der Waals surface area contributed by atoms with E-state index in [1.165, 1.54) is 0 Å². The Morgan fingerprint density at radius 1 is 0.392 bits per heavy atom. The van der Waals surface area contributed by atoms with Crippen molar-refractivity contribution in [3.05, 3.63) is 93.0 Å². The van der Waals surface area contributed by atoms with Crippen LogP contribution in [0.4, 0.5) is 0 Å². The van der Waals surface area contributed by atoms with E-state index in [-0.39, 0.29) is 49.1 Å². The summed E-state index contributed by atoms with van der Waals surface area (Å²) in [6, 6.07) is -26.2. The van der Waals surface area contributed by atoms with Gasteiger partial charge in [-0.15, -0.1) is 0 Å². The number of ether oxygens (including phenoxy) is 12. The highest BCUT2D eigenvalue weighted by molar-refractivity contribution is 5.77. The van der Waals surface area contributed by atoms with Crippen LogP contribution in [-0.4, -0.2) is 201 Å². The number of nitrogens with zero attached hydrogens (tertiary/aromatic N) is 4. The van der Waals surface area contributed by atoms with Gasteiger partial charge in [0.2, 0.25) is 0 Å². The van der Waals surface area contributed by atoms with Gasteiger partial charge in [-0.25, -0.2) is 0 Å². The molecule has 4 aromatic carbocycles. The van der Waals surface area contributed by atoms with E-state index in [0.717, 1.165) is 71.9 Å². The first-order chi connectivity index (χ1) is 92.9. The number of methoxy groups -OCH3 is 8. The normalized spacial score (nSPS) is 51.2. The highest BCUT2D eigenvalue weighted by Gasteiger charge is 2.47. The summed E-state index contributed by atoms with van der Waals surface area (Å²) in [6.45, 7) is -66.3. The lowest BCUT2D eigenvalue weighted by Crippen LogP contribution is -2.51. The Labute approximate surface area is 849 Å². The van der Waals surface area contributed by atoms with E-state index in [2.05, 4.69) is 0 Å². The van der Waals surface area contributed by atoms with Crippen LogP contribution in [0.1, 0.15) is 357 Å². The zero-order valence-electron chi connectivity index (χ0n) is 158. The van der Waals surface area contributed by atoms with Crippen LogP contribution in [0.5, 0.6) is 46.0 Å². The van der Waals surface area contributed by atoms with Crippen molar-refractivity contribution in [2.75, 3.05) is 109 Å². The van der Waals surface area contributed by atoms with E-state index in [0.29, 0.717) is 32.6 Å². The van der Waals surface area contributed by atoms with Crippen LogP contribution >= 0.6 is 0 Å². The van der Waals surface area contributed by atoms with Crippen LogP contribution in [0.25, 0.3) is 0 Å². The first kappa shape index (κ1) is 30.9. The molecule has 0 bridgehead atoms. The molecule has 672 valence electrons. The molecule has 8 N–H and O–H groups in total. The molecule has 8 heterocycles. The summed E-state index contributed by atoms with van der Waals surface area (Å²) in [5.41, 5.74) is 19.2. The van der Waals surface area contributed by atoms with Gasteiger partial charge < -0.3 is 79.8 Å². The summed E-state index contributed by atoms with van der Waals surface area (Å²) in [6.07, 6.45) is -53.2. The van der Waals surface area contributed by atoms with Crippen LogP contribution in [0.2, 0.25) is 0 Å². The third-order valence-corrected chi connectivity index (χ3v) is 17.5. The molecule has 120 heavy (non-hydrogen) atoms. The standard InChI is InChI=1S/4C24H38N2O4/c4*1-14(2)9-17-13-26-8-7-16-10-21(28-5)22(29-6)11-18(16)19(26)12-20(17)30-24(27)23(25)15(3)4/h4*10-11,14-15,17,19-20,23H,7-9,12-13,25H2,1-6H3/t4*17?,19?,20?,23-/m0000/s1/i3*1D3,3D3,4D3,5D3,9D2,12D2,13D2,14D,15D,17D,19D,20D,23D;1D3,3D3,4D3,9D2,10D,11D,12D2,13D2,14D,15D,17D,23D/t4*14?,17?,19?,20?,23-. The molecule has 0 radical (unpaired) electrons. The fourth-order valence-electron chi connectivity index (χ4n) is 12.0. The number of carbonyl (C=O) groups is 4. The Bertz CT molecular complexity index is 7770. The van der Waals surface area contributed by atoms with E-state index in [1.807, 2.05) is 0 Å². The smallest absolute Gasteiger partial charge is 0.323 e. The topological polar surface area (TPSA) is 296 Å². The molecular weight excluding hydrogens is 1520 g/mol. The number of nitrogens with two attached hydrogens (primary N) is 4. The molecule has 0 aliphatic carbocycles. The first-order valence-corrected chi connectivity index (χ1v) is 35.0. The van der Waals surface area contributed by atoms with E-state index in [1.54, 1.807) is 0 Å². The Morgan fingerprint density at radius 2 is 0.683 bits per heavy atom. The fourth-order valence-corrected chi connectivity index (χ4v) is 12.0. The zero-order valence-corrected chi connectivity index (χ0v) is 65.4. The molecular formula is C96H152N8O16. The van der Waals surface area contributed by atoms with E-state index >= 15 is 0 Å². The monoisotopic (exact) mass is 1770 g/mol. The van der Waals surface area contributed by atoms with Gasteiger partial charge in [-0.3, -0.25) is 38.8 Å². The second-order valence-electron chi connectivity index (χ2n) is 25.7. The molecule has 24 nitrogen and oxygen atoms in total. The minimum absolute atomic E-state index is 0.111. The van der Waals surface area contributed by atoms with Crippen LogP contribution in [0, 0.1) is 70.7 Å². The summed E-state index contributed by atoms with van der Waals surface area (Å²) < 4.78 is 840. The van der Waals surface area contributed by atoms with Crippen LogP contribution in [-0.2, 0) is 63.8 Å². The summed E-state index contributed by atoms with van der Waals surface area (Å²) in [7, 11) is -4.09. The van der Waals surface area contributed by atoms with Gasteiger partial charge in [0, 0.05) is 224 Å². The number of piperidine rings is 4. The molecule has 20 atom stereocenters. The van der Waals surface area contributed by atoms with Crippen molar-refractivity contribution in [2.24, 2.45) is 93.7 Å². The largest absolute Gasteiger partial charge is 0.493 e. The third kappa shape index (κ3) is 23.8. The number of rotatable bonds is 28. The molecule has 0 saturated carbocycles. The summed E-state index contributed by atoms with van der Waals surface area (Å²) in [4.78, 5) is 56.7. The Morgan fingerprint density at radius 3 is 1.00 bits per heavy atom. The highest BCUT2D eigenvalue weighted by Crippen LogP contribution is 2.50. The molecule has 4 aromatic rings. The van der Waals surface area contributed by atoms with Crippen LogP contribution in [0.3, 0.4) is 0 Å². The Kier molecular flexibility index (Phi) is 11.3. The Hall–Kier alpha value is -7.16. The maximum absolute atomic E-state index is 13.9. The minimum Gasteiger partial charge on any atom is -0.493 e. The van der Waals surface area contributed by atoms with Gasteiger partial charge in [-0.05, 0) is 191 Å². The van der Waals surface area contributed by atoms with Crippen LogP contribution < -0.4 is 60.8 Å². The van der Waals surface area contributed by atoms with Crippen LogP contribution in [0.15, 0.2) is 48.5 Å². The molecule has 4 fully saturated rings. The van der Waals surface area contributed by atoms with Crippen molar-refractivity contribution in [3.8, 4) is 46.0 Å². The predicted octanol–water partition coefficient (Wildman–Crippen LogP) is 14.3. The molecule has 0 aromatic heterocycles. The molecule has 24 heteroatoms. The van der Waals surface area contributed by atoms with Crippen molar-refractivity contribution < 1.29 is 204 Å². The Balaban J connectivity index is 0.000000306. The van der Waals surface area contributed by atoms with Gasteiger partial charge in [-0.2, -0.15) is 0 Å². The molecule has 4 saturated heterocycles. The quantitative estimate of drug-likeness (QED) is 0.0303. The first-order valence-electron chi connectivity index (χ1n) is 81.5. The number of hydrogen-bond donors (Lipinski definition) is 4. The summed E-state index contributed by atoms with van der Waals surface area (Å²) in [5.74, 6) is -64.7. The lowest BCUT2D eigenvalue weighted by molar-refractivity contribution is -0.161. The van der Waals surface area contributed by atoms with Crippen molar-refractivity contribution in [1.82, 2.24) is 19.6 Å². The van der Waals surface area contributed by atoms with Gasteiger partial charge in [0.25, 0.3) is 0 Å². The predicted molar refractivity (Wildman–Crippen MR) is 471 cm³/mol. The molecule has 12 rings (SSSR count). The van der Waals surface area contributed by atoms with E-state index < -0.39 is 467 Å². The summed E-state index contributed by atoms with van der Waals surface area (Å²) in [5, 5.41) is 0. The molecule has 8 aliphatic rings. The second kappa shape index (κ2) is 43.9. The molecule has 16 unspecified atom stereocenters. The summed E-state index contributed by atoms with van der Waals surface area (Å²) >= 11 is 0. The van der Waals surface area contributed by atoms with Crippen molar-refractivity contribution in [2.45, 2.75) is 259 Å². The van der Waals surface area contributed by atoms with Crippen molar-refractivity contribution >= 4 is 23.9 Å². The van der Waals surface area contributed by atoms with E-state index in [9.17, 15) is 54.8 Å². The number of hydrogen-bond acceptors (Lipinski definition) is 24. The minimum atomic E-state index is -4.78. The van der Waals surface area contributed by atoms with Crippen molar-refractivity contribution in [3.63, 3.8) is 0 Å². The van der Waals surface area contributed by atoms with Gasteiger partial charge >= 0.3 is 23.9 Å². The maximum Gasteiger partial charge on any atom is 0.323 e. The van der Waals surface area contributed by atoms with Gasteiger partial charge in [-0.1, -0.05) is 110 Å². The van der Waals surface area contributed by atoms with Crippen molar-refractivity contribution in [1.29, 1.82) is 0 Å². The maximum atomic E-state index is 13.9. The SMILES string of the molecule is [2H]C([2H])([2H])Oc1cc2c(cc1OC)C1([2H])N(CC2)C([2H])([2H])C([2H])(C([2H])([2H])C([2H])(C)C([2H])([2H])[2H])C([2H])(OC(=O)[C@@]([2H])(N)C([2H])(C([2H])([2H])[2H])C([2H])([2H])[2H])C1([2H])[2H].[2H]C([2H])([2H])Oc1cc2c(cc1OC)C1([2H])N(CC2)C([2H])([2H])C([2H])(C([2H])([2H])C([2H])(C)C([2H])([2H])[2H])C([2H])(OC(=O)[C@@]([2H])(N)C([2H])(C([2H])([2H])[2H])C([2H])([2H])[2H])C1([2H])[2H].[2H]C([2H])([2H])Oc1cc2c(cc1OC)C1([2H])N(CC2)C([2H])([2H])C([2H])(C([2H])([2H])C([2H])(C)C([2H])([2H])[2H])C([2H])(OC(=O)[C@@]([2H])(N)C([2H])(C([2H])([2H])[2H])C([2H])([2H])[2H])C1([2H])[2H].[2H]c1c2c(c([2H])c(OC)c1OC)C1N(CC2)C([2H])([2H])C([2H])(C([2H])([2H])C([2H])(C)C([2H])([2H])[2H])C(OC(=O)[C@@]([2H])(N)C([2H])(C([2H])([2H])[2H])C([2H])([2H])[2H])C1([2H])[2H]. The molecule has 8 aliphatic heterocycles. The lowest BCUT2D eigenvalue weighted by atomic mass is 9.79. The molecule has 0 spiro atoms. The zero-order chi connectivity index (χ0) is 169. The third-order valence-electron chi connectivity index (χ3n) is 17.5. The number of fused-ring (bicyclic) bond motifs is 12. The fraction of sp³-hybridized carbons (Fsp3) is 0.708. The van der Waals surface area contributed by atoms with E-state index in [4.69, 9.17) is 172 Å². The number of carbonyl (C=O) groups excluding carboxylic acids is 4. The highest BCUT2D eigenvalue weighted by atomic mass is 16.6. The second-order valence-corrected chi connectivity index (χ2v) is 25.7. The molecule has 0 amide bonds. The number of benzene rings is 4. The lowest BCUT2D eigenvalue weighted by Gasteiger charge is -2.47. The average molecular weight is 1770 g/mol.